The van der Waals surface area contributed by atoms with Crippen molar-refractivity contribution >= 4 is 27.8 Å². The van der Waals surface area contributed by atoms with Gasteiger partial charge in [-0.25, -0.2) is 12.7 Å². The lowest BCUT2D eigenvalue weighted by molar-refractivity contribution is -0.140. The lowest BCUT2D eigenvalue weighted by Crippen LogP contribution is -2.45. The second-order valence-electron chi connectivity index (χ2n) is 4.70. The molecule has 1 rings (SSSR count). The molecule has 1 heterocycles. The van der Waals surface area contributed by atoms with Gasteiger partial charge in [-0.05, 0) is 25.5 Å². The predicted molar refractivity (Wildman–Crippen MR) is 77.7 cm³/mol. The monoisotopic (exact) mass is 320 g/mol. The maximum absolute atomic E-state index is 12.1. The first-order valence-corrected chi connectivity index (χ1v) is 9.23. The molecule has 0 bridgehead atoms. The van der Waals surface area contributed by atoms with Crippen LogP contribution in [0.15, 0.2) is 0 Å². The van der Waals surface area contributed by atoms with E-state index in [9.17, 15) is 18.5 Å². The van der Waals surface area contributed by atoms with Gasteiger partial charge in [0.05, 0.1) is 18.9 Å². The summed E-state index contributed by atoms with van der Waals surface area (Å²) in [4.78, 5) is 11.0. The van der Waals surface area contributed by atoms with Crippen molar-refractivity contribution in [3.05, 3.63) is 0 Å². The molecule has 0 aromatic heterocycles. The smallest absolute Gasteiger partial charge is 0.305 e. The van der Waals surface area contributed by atoms with Crippen molar-refractivity contribution in [1.82, 2.24) is 4.31 Å². The van der Waals surface area contributed by atoms with E-state index in [0.29, 0.717) is 25.9 Å². The normalized spacial score (nSPS) is 19.2. The summed E-state index contributed by atoms with van der Waals surface area (Å²) in [5.74, 6) is -0.453. The van der Waals surface area contributed by atoms with Crippen LogP contribution in [0.1, 0.15) is 25.7 Å². The van der Waals surface area contributed by atoms with Crippen molar-refractivity contribution in [2.75, 3.05) is 32.2 Å². The molecule has 1 aliphatic heterocycles. The average molecular weight is 320 g/mol. The zero-order valence-corrected chi connectivity index (χ0v) is 13.4. The summed E-state index contributed by atoms with van der Waals surface area (Å²) in [6, 6.07) is 2.29. The maximum atomic E-state index is 12.1. The van der Waals surface area contributed by atoms with E-state index in [1.165, 1.54) is 23.2 Å². The van der Waals surface area contributed by atoms with E-state index in [-0.39, 0.29) is 18.6 Å². The number of nitriles is 1. The Morgan fingerprint density at radius 3 is 2.50 bits per heavy atom. The number of carbonyl (C=O) groups is 1. The van der Waals surface area contributed by atoms with E-state index in [1.807, 2.05) is 6.26 Å². The van der Waals surface area contributed by atoms with Gasteiger partial charge in [-0.15, -0.1) is 11.8 Å². The molecule has 0 aliphatic carbocycles. The lowest BCUT2D eigenvalue weighted by atomic mass is 9.99. The van der Waals surface area contributed by atoms with Gasteiger partial charge in [0.15, 0.2) is 0 Å². The minimum Gasteiger partial charge on any atom is -0.469 e. The van der Waals surface area contributed by atoms with Crippen LogP contribution in [-0.4, -0.2) is 55.6 Å². The van der Waals surface area contributed by atoms with Gasteiger partial charge in [0.25, 0.3) is 0 Å². The van der Waals surface area contributed by atoms with Crippen LogP contribution in [0.5, 0.6) is 0 Å². The molecule has 0 N–H and O–H groups in total. The Kier molecular flexibility index (Phi) is 6.30. The standard InChI is InChI=1S/C12H20N2O4S2/c1-18-11(15)4-3-9-20(16,17)14-7-5-12(10-13,19-2)6-8-14/h3-9H2,1-2H3. The van der Waals surface area contributed by atoms with E-state index in [4.69, 9.17) is 0 Å². The van der Waals surface area contributed by atoms with Crippen LogP contribution in [0.4, 0.5) is 0 Å². The van der Waals surface area contributed by atoms with E-state index in [1.54, 1.807) is 0 Å². The predicted octanol–water partition coefficient (Wildman–Crippen LogP) is 0.991. The molecule has 0 spiro atoms. The number of sulfonamides is 1. The first kappa shape index (κ1) is 17.3. The number of hydrogen-bond donors (Lipinski definition) is 0. The highest BCUT2D eigenvalue weighted by Gasteiger charge is 2.37. The second-order valence-corrected chi connectivity index (χ2v) is 7.98. The molecule has 0 atom stereocenters. The van der Waals surface area contributed by atoms with E-state index < -0.39 is 20.7 Å². The number of carbonyl (C=O) groups excluding carboxylic acids is 1. The lowest BCUT2D eigenvalue weighted by Gasteiger charge is -2.35. The van der Waals surface area contributed by atoms with Crippen LogP contribution >= 0.6 is 11.8 Å². The third kappa shape index (κ3) is 4.36. The molecule has 8 heteroatoms. The summed E-state index contributed by atoms with van der Waals surface area (Å²) in [5, 5.41) is 9.17. The third-order valence-electron chi connectivity index (χ3n) is 3.53. The summed E-state index contributed by atoms with van der Waals surface area (Å²) in [6.07, 6.45) is 3.33. The van der Waals surface area contributed by atoms with Gasteiger partial charge in [0.1, 0.15) is 4.75 Å². The Morgan fingerprint density at radius 2 is 2.05 bits per heavy atom. The third-order valence-corrected chi connectivity index (χ3v) is 6.77. The average Bonchev–Trinajstić information content (AvgIpc) is 2.46. The Balaban J connectivity index is 2.51. The van der Waals surface area contributed by atoms with Gasteiger partial charge in [-0.3, -0.25) is 4.79 Å². The second kappa shape index (κ2) is 7.29. The molecule has 0 radical (unpaired) electrons. The number of piperidine rings is 1. The number of hydrogen-bond acceptors (Lipinski definition) is 6. The first-order valence-electron chi connectivity index (χ1n) is 6.40. The Bertz CT molecular complexity index is 476. The molecule has 20 heavy (non-hydrogen) atoms. The summed E-state index contributed by atoms with van der Waals surface area (Å²) < 4.78 is 29.7. The van der Waals surface area contributed by atoms with Crippen molar-refractivity contribution in [2.24, 2.45) is 0 Å². The van der Waals surface area contributed by atoms with E-state index in [0.717, 1.165) is 0 Å². The number of nitrogens with zero attached hydrogens (tertiary/aromatic N) is 2. The summed E-state index contributed by atoms with van der Waals surface area (Å²) in [6.45, 7) is 0.740. The molecule has 0 unspecified atom stereocenters. The van der Waals surface area contributed by atoms with Crippen molar-refractivity contribution in [2.45, 2.75) is 30.4 Å². The minimum atomic E-state index is -3.35. The molecular weight excluding hydrogens is 300 g/mol. The number of ether oxygens (including phenoxy) is 1. The van der Waals surface area contributed by atoms with Crippen LogP contribution in [0.3, 0.4) is 0 Å². The minimum absolute atomic E-state index is 0.0546. The van der Waals surface area contributed by atoms with Crippen molar-refractivity contribution < 1.29 is 17.9 Å². The van der Waals surface area contributed by atoms with Gasteiger partial charge in [0, 0.05) is 19.5 Å². The highest BCUT2D eigenvalue weighted by atomic mass is 32.2. The fourth-order valence-electron chi connectivity index (χ4n) is 2.12. The fraction of sp³-hybridized carbons (Fsp3) is 0.833. The Morgan fingerprint density at radius 1 is 1.45 bits per heavy atom. The molecule has 6 nitrogen and oxygen atoms in total. The molecule has 0 aromatic carbocycles. The molecule has 1 fully saturated rings. The quantitative estimate of drug-likeness (QED) is 0.678. The molecule has 1 saturated heterocycles. The SMILES string of the molecule is COC(=O)CCCS(=O)(=O)N1CCC(C#N)(SC)CC1. The van der Waals surface area contributed by atoms with Gasteiger partial charge >= 0.3 is 5.97 Å². The van der Waals surface area contributed by atoms with E-state index in [2.05, 4.69) is 10.8 Å². The zero-order valence-electron chi connectivity index (χ0n) is 11.8. The zero-order chi connectivity index (χ0) is 15.2. The molecule has 114 valence electrons. The van der Waals surface area contributed by atoms with Gasteiger partial charge in [-0.1, -0.05) is 0 Å². The number of thioether (sulfide) groups is 1. The van der Waals surface area contributed by atoms with Crippen molar-refractivity contribution in [3.8, 4) is 6.07 Å². The maximum Gasteiger partial charge on any atom is 0.305 e. The number of rotatable bonds is 6. The van der Waals surface area contributed by atoms with Crippen LogP contribution in [-0.2, 0) is 19.6 Å². The summed E-state index contributed by atoms with van der Waals surface area (Å²) in [5.41, 5.74) is 0. The van der Waals surface area contributed by atoms with Gasteiger partial charge in [0.2, 0.25) is 10.0 Å². The highest BCUT2D eigenvalue weighted by molar-refractivity contribution is 8.00. The molecule has 1 aliphatic rings. The Labute approximate surface area is 124 Å². The number of methoxy groups -OCH3 is 1. The summed E-state index contributed by atoms with van der Waals surface area (Å²) >= 11 is 1.49. The molecule has 0 aromatic rings. The largest absolute Gasteiger partial charge is 0.469 e. The van der Waals surface area contributed by atoms with Gasteiger partial charge in [-0.2, -0.15) is 5.26 Å². The molecular formula is C12H20N2O4S2. The number of esters is 1. The highest BCUT2D eigenvalue weighted by Crippen LogP contribution is 2.34. The molecule has 0 saturated carbocycles. The van der Waals surface area contributed by atoms with Crippen LogP contribution in [0, 0.1) is 11.3 Å². The molecule has 0 amide bonds. The first-order chi connectivity index (χ1) is 9.39. The van der Waals surface area contributed by atoms with Crippen LogP contribution in [0.2, 0.25) is 0 Å². The Hall–Kier alpha value is -0.780. The fourth-order valence-corrected chi connectivity index (χ4v) is 4.31. The van der Waals surface area contributed by atoms with Crippen molar-refractivity contribution in [3.63, 3.8) is 0 Å². The topological polar surface area (TPSA) is 87.5 Å². The summed E-state index contributed by atoms with van der Waals surface area (Å²) in [7, 11) is -2.06. The van der Waals surface area contributed by atoms with Gasteiger partial charge < -0.3 is 4.74 Å². The van der Waals surface area contributed by atoms with Crippen LogP contribution in [0.25, 0.3) is 0 Å². The van der Waals surface area contributed by atoms with Crippen LogP contribution < -0.4 is 0 Å². The van der Waals surface area contributed by atoms with Crippen molar-refractivity contribution in [1.29, 1.82) is 5.26 Å². The van der Waals surface area contributed by atoms with E-state index >= 15 is 0 Å².